The van der Waals surface area contributed by atoms with Crippen molar-refractivity contribution in [3.05, 3.63) is 99.0 Å². The summed E-state index contributed by atoms with van der Waals surface area (Å²) in [4.78, 5) is 12.6. The number of anilines is 1. The Bertz CT molecular complexity index is 1130. The maximum atomic E-state index is 12.6. The van der Waals surface area contributed by atoms with Crippen LogP contribution in [0.1, 0.15) is 21.5 Å². The van der Waals surface area contributed by atoms with E-state index >= 15 is 0 Å². The Kier molecular flexibility index (Phi) is 5.92. The molecule has 8 heteroatoms. The van der Waals surface area contributed by atoms with Gasteiger partial charge in [-0.2, -0.15) is 10.2 Å². The monoisotopic (exact) mass is 513 g/mol. The number of hydrogen-bond donors (Lipinski definition) is 1. The summed E-state index contributed by atoms with van der Waals surface area (Å²) < 4.78 is 5.57. The van der Waals surface area contributed by atoms with E-state index in [0.29, 0.717) is 24.3 Å². The summed E-state index contributed by atoms with van der Waals surface area (Å²) in [7, 11) is 0. The van der Waals surface area contributed by atoms with Crippen LogP contribution in [-0.4, -0.2) is 25.5 Å². The average Bonchev–Trinajstić information content (AvgIpc) is 3.32. The van der Waals surface area contributed by atoms with Crippen LogP contribution in [0, 0.1) is 0 Å². The lowest BCUT2D eigenvalue weighted by molar-refractivity contribution is 0.102. The van der Waals surface area contributed by atoms with E-state index in [2.05, 4.69) is 47.4 Å². The molecule has 2 aromatic carbocycles. The third kappa shape index (κ3) is 5.21. The highest BCUT2D eigenvalue weighted by atomic mass is 79.9. The Morgan fingerprint density at radius 2 is 1.59 bits per heavy atom. The van der Waals surface area contributed by atoms with E-state index in [1.54, 1.807) is 23.1 Å². The molecule has 0 spiro atoms. The molecule has 2 aromatic heterocycles. The van der Waals surface area contributed by atoms with Gasteiger partial charge in [0.25, 0.3) is 5.91 Å². The SMILES string of the molecule is O=C(Nc1cnn(Cc2ccc(Br)cc2)c1)c1cccc(Cn2cc(Br)cn2)c1. The van der Waals surface area contributed by atoms with Crippen LogP contribution in [0.5, 0.6) is 0 Å². The van der Waals surface area contributed by atoms with Gasteiger partial charge in [0.1, 0.15) is 0 Å². The quantitative estimate of drug-likeness (QED) is 0.395. The number of nitrogens with one attached hydrogen (secondary N) is 1. The Morgan fingerprint density at radius 1 is 0.862 bits per heavy atom. The zero-order valence-corrected chi connectivity index (χ0v) is 18.5. The minimum atomic E-state index is -0.170. The minimum absolute atomic E-state index is 0.170. The second-order valence-corrected chi connectivity index (χ2v) is 8.40. The predicted molar refractivity (Wildman–Crippen MR) is 119 cm³/mol. The lowest BCUT2D eigenvalue weighted by atomic mass is 10.1. The van der Waals surface area contributed by atoms with Gasteiger partial charge in [-0.3, -0.25) is 14.2 Å². The van der Waals surface area contributed by atoms with Crippen molar-refractivity contribution in [3.63, 3.8) is 0 Å². The molecule has 1 amide bonds. The van der Waals surface area contributed by atoms with Gasteiger partial charge in [-0.25, -0.2) is 0 Å². The Hall–Kier alpha value is -2.71. The van der Waals surface area contributed by atoms with Crippen molar-refractivity contribution in [1.82, 2.24) is 19.6 Å². The lowest BCUT2D eigenvalue weighted by Gasteiger charge is -2.06. The van der Waals surface area contributed by atoms with Crippen LogP contribution in [0.25, 0.3) is 0 Å². The number of rotatable bonds is 6. The highest BCUT2D eigenvalue weighted by Gasteiger charge is 2.09. The minimum Gasteiger partial charge on any atom is -0.319 e. The molecule has 0 saturated carbocycles. The molecular weight excluding hydrogens is 498 g/mol. The molecule has 0 radical (unpaired) electrons. The van der Waals surface area contributed by atoms with Crippen molar-refractivity contribution in [2.24, 2.45) is 0 Å². The van der Waals surface area contributed by atoms with Crippen LogP contribution in [-0.2, 0) is 13.1 Å². The van der Waals surface area contributed by atoms with Crippen LogP contribution >= 0.6 is 31.9 Å². The number of carbonyl (C=O) groups excluding carboxylic acids is 1. The molecule has 0 atom stereocenters. The van der Waals surface area contributed by atoms with E-state index in [4.69, 9.17) is 0 Å². The van der Waals surface area contributed by atoms with Crippen molar-refractivity contribution in [1.29, 1.82) is 0 Å². The summed E-state index contributed by atoms with van der Waals surface area (Å²) in [5, 5.41) is 11.5. The van der Waals surface area contributed by atoms with Crippen molar-refractivity contribution in [3.8, 4) is 0 Å². The van der Waals surface area contributed by atoms with Crippen LogP contribution in [0.3, 0.4) is 0 Å². The summed E-state index contributed by atoms with van der Waals surface area (Å²) in [5.74, 6) is -0.170. The molecule has 4 aromatic rings. The first-order valence-electron chi connectivity index (χ1n) is 8.90. The largest absolute Gasteiger partial charge is 0.319 e. The zero-order chi connectivity index (χ0) is 20.2. The summed E-state index contributed by atoms with van der Waals surface area (Å²) in [6, 6.07) is 15.6. The smallest absolute Gasteiger partial charge is 0.255 e. The summed E-state index contributed by atoms with van der Waals surface area (Å²) in [5.41, 5.74) is 3.38. The van der Waals surface area contributed by atoms with Crippen molar-refractivity contribution >= 4 is 43.5 Å². The molecule has 1 N–H and O–H groups in total. The summed E-state index contributed by atoms with van der Waals surface area (Å²) in [6.45, 7) is 1.23. The second-order valence-electron chi connectivity index (χ2n) is 6.56. The van der Waals surface area contributed by atoms with E-state index in [1.165, 1.54) is 0 Å². The number of hydrogen-bond acceptors (Lipinski definition) is 3. The summed E-state index contributed by atoms with van der Waals surface area (Å²) >= 11 is 6.82. The molecule has 0 bridgehead atoms. The number of benzene rings is 2. The molecule has 6 nitrogen and oxygen atoms in total. The van der Waals surface area contributed by atoms with Crippen molar-refractivity contribution in [2.45, 2.75) is 13.1 Å². The van der Waals surface area contributed by atoms with Gasteiger partial charge in [0, 0.05) is 22.4 Å². The van der Waals surface area contributed by atoms with Gasteiger partial charge in [0.2, 0.25) is 0 Å². The van der Waals surface area contributed by atoms with E-state index in [-0.39, 0.29) is 5.91 Å². The number of nitrogens with zero attached hydrogens (tertiary/aromatic N) is 4. The van der Waals surface area contributed by atoms with Gasteiger partial charge in [0.15, 0.2) is 0 Å². The first kappa shape index (κ1) is 19.6. The summed E-state index contributed by atoms with van der Waals surface area (Å²) in [6.07, 6.45) is 7.11. The number of aromatic nitrogens is 4. The molecule has 0 aliphatic carbocycles. The fraction of sp³-hybridized carbons (Fsp3) is 0.0952. The van der Waals surface area contributed by atoms with Gasteiger partial charge in [0.05, 0.1) is 35.6 Å². The first-order valence-corrected chi connectivity index (χ1v) is 10.5. The fourth-order valence-electron chi connectivity index (χ4n) is 2.92. The zero-order valence-electron chi connectivity index (χ0n) is 15.3. The molecule has 0 aliphatic heterocycles. The number of carbonyl (C=O) groups is 1. The highest BCUT2D eigenvalue weighted by Crippen LogP contribution is 2.15. The third-order valence-corrected chi connectivity index (χ3v) is 5.22. The van der Waals surface area contributed by atoms with Gasteiger partial charge < -0.3 is 5.32 Å². The molecule has 0 fully saturated rings. The van der Waals surface area contributed by atoms with E-state index in [9.17, 15) is 4.79 Å². The first-order chi connectivity index (χ1) is 14.0. The van der Waals surface area contributed by atoms with E-state index < -0.39 is 0 Å². The third-order valence-electron chi connectivity index (χ3n) is 4.28. The molecule has 2 heterocycles. The molecule has 29 heavy (non-hydrogen) atoms. The molecule has 146 valence electrons. The molecule has 0 saturated heterocycles. The topological polar surface area (TPSA) is 64.7 Å². The van der Waals surface area contributed by atoms with Gasteiger partial charge in [-0.05, 0) is 51.3 Å². The standard InChI is InChI=1S/C21H17Br2N5O/c22-18-6-4-15(5-7-18)11-28-14-20(10-25-28)26-21(29)17-3-1-2-16(8-17)12-27-13-19(23)9-24-27/h1-10,13-14H,11-12H2,(H,26,29). The number of halogens is 2. The lowest BCUT2D eigenvalue weighted by Crippen LogP contribution is -2.12. The average molecular weight is 515 g/mol. The Balaban J connectivity index is 1.41. The highest BCUT2D eigenvalue weighted by molar-refractivity contribution is 9.10. The maximum absolute atomic E-state index is 12.6. The molecular formula is C21H17Br2N5O. The van der Waals surface area contributed by atoms with Crippen LogP contribution < -0.4 is 5.32 Å². The maximum Gasteiger partial charge on any atom is 0.255 e. The predicted octanol–water partition coefficient (Wildman–Crippen LogP) is 4.95. The van der Waals surface area contributed by atoms with Crippen molar-refractivity contribution in [2.75, 3.05) is 5.32 Å². The van der Waals surface area contributed by atoms with Gasteiger partial charge in [-0.15, -0.1) is 0 Å². The van der Waals surface area contributed by atoms with Gasteiger partial charge in [-0.1, -0.05) is 40.2 Å². The molecule has 0 unspecified atom stereocenters. The fourth-order valence-corrected chi connectivity index (χ4v) is 3.51. The van der Waals surface area contributed by atoms with Crippen LogP contribution in [0.2, 0.25) is 0 Å². The Morgan fingerprint density at radius 3 is 2.34 bits per heavy atom. The van der Waals surface area contributed by atoms with E-state index in [1.807, 2.05) is 59.5 Å². The van der Waals surface area contributed by atoms with Gasteiger partial charge >= 0.3 is 0 Å². The van der Waals surface area contributed by atoms with Crippen LogP contribution in [0.15, 0.2) is 82.3 Å². The van der Waals surface area contributed by atoms with Crippen LogP contribution in [0.4, 0.5) is 5.69 Å². The number of amides is 1. The van der Waals surface area contributed by atoms with Crippen molar-refractivity contribution < 1.29 is 4.79 Å². The normalized spacial score (nSPS) is 10.8. The second kappa shape index (κ2) is 8.75. The molecule has 4 rings (SSSR count). The Labute approximate surface area is 184 Å². The van der Waals surface area contributed by atoms with E-state index in [0.717, 1.165) is 20.1 Å². The molecule has 0 aliphatic rings.